The van der Waals surface area contributed by atoms with Crippen molar-refractivity contribution in [2.75, 3.05) is 6.61 Å². The number of hydrogen-bond donors (Lipinski definition) is 0. The molecule has 90 valence electrons. The van der Waals surface area contributed by atoms with E-state index in [0.29, 0.717) is 12.3 Å². The third-order valence-electron chi connectivity index (χ3n) is 2.52. The number of ether oxygens (including phenoxy) is 1. The molecule has 0 N–H and O–H groups in total. The Labute approximate surface area is 95.8 Å². The Morgan fingerprint density at radius 1 is 1.50 bits per heavy atom. The molecule has 1 rings (SSSR count). The first-order valence-corrected chi connectivity index (χ1v) is 5.70. The van der Waals surface area contributed by atoms with Crippen LogP contribution in [0.5, 0.6) is 0 Å². The topological polar surface area (TPSA) is 57.0 Å². The molecule has 1 aromatic rings. The van der Waals surface area contributed by atoms with Gasteiger partial charge in [-0.2, -0.15) is 0 Å². The minimum Gasteiger partial charge on any atom is -0.461 e. The first-order valence-electron chi connectivity index (χ1n) is 5.70. The highest BCUT2D eigenvalue weighted by molar-refractivity contribution is 5.88. The number of nitrogens with zero attached hydrogens (tertiary/aromatic N) is 3. The van der Waals surface area contributed by atoms with Crippen LogP contribution in [0.25, 0.3) is 0 Å². The van der Waals surface area contributed by atoms with E-state index in [1.807, 2.05) is 6.92 Å². The lowest BCUT2D eigenvalue weighted by molar-refractivity contribution is 0.0518. The van der Waals surface area contributed by atoms with E-state index in [-0.39, 0.29) is 6.04 Å². The summed E-state index contributed by atoms with van der Waals surface area (Å²) < 4.78 is 6.69. The van der Waals surface area contributed by atoms with Crippen LogP contribution in [-0.4, -0.2) is 27.6 Å². The van der Waals surface area contributed by atoms with Gasteiger partial charge in [-0.05, 0) is 27.2 Å². The molecular weight excluding hydrogens is 206 g/mol. The Hall–Kier alpha value is -1.39. The highest BCUT2D eigenvalue weighted by Gasteiger charge is 2.19. The maximum Gasteiger partial charge on any atom is 0.360 e. The lowest BCUT2D eigenvalue weighted by Gasteiger charge is -2.11. The highest BCUT2D eigenvalue weighted by atomic mass is 16.5. The van der Waals surface area contributed by atoms with Crippen molar-refractivity contribution in [2.45, 2.75) is 46.6 Å². The zero-order valence-electron chi connectivity index (χ0n) is 10.4. The molecule has 0 aliphatic carbocycles. The van der Waals surface area contributed by atoms with Crippen molar-refractivity contribution in [1.29, 1.82) is 0 Å². The van der Waals surface area contributed by atoms with Gasteiger partial charge in [0.15, 0.2) is 5.69 Å². The largest absolute Gasteiger partial charge is 0.461 e. The average Bonchev–Trinajstić information content (AvgIpc) is 2.61. The van der Waals surface area contributed by atoms with Crippen LogP contribution in [0.2, 0.25) is 0 Å². The zero-order valence-corrected chi connectivity index (χ0v) is 10.4. The third kappa shape index (κ3) is 2.59. The van der Waals surface area contributed by atoms with Crippen molar-refractivity contribution in [3.8, 4) is 0 Å². The molecule has 0 aliphatic rings. The third-order valence-corrected chi connectivity index (χ3v) is 2.52. The summed E-state index contributed by atoms with van der Waals surface area (Å²) in [5, 5.41) is 7.88. The summed E-state index contributed by atoms with van der Waals surface area (Å²) in [4.78, 5) is 11.5. The van der Waals surface area contributed by atoms with Gasteiger partial charge in [0, 0.05) is 0 Å². The fourth-order valence-corrected chi connectivity index (χ4v) is 1.69. The van der Waals surface area contributed by atoms with Gasteiger partial charge in [0.1, 0.15) is 0 Å². The molecule has 5 heteroatoms. The van der Waals surface area contributed by atoms with E-state index in [1.165, 1.54) is 0 Å². The van der Waals surface area contributed by atoms with E-state index >= 15 is 0 Å². The van der Waals surface area contributed by atoms with Crippen LogP contribution in [0.15, 0.2) is 0 Å². The van der Waals surface area contributed by atoms with Crippen molar-refractivity contribution < 1.29 is 9.53 Å². The normalized spacial score (nSPS) is 12.5. The lowest BCUT2D eigenvalue weighted by atomic mass is 10.2. The van der Waals surface area contributed by atoms with Crippen molar-refractivity contribution in [3.05, 3.63) is 11.4 Å². The van der Waals surface area contributed by atoms with Crippen LogP contribution in [0.1, 0.15) is 55.8 Å². The second-order valence-electron chi connectivity index (χ2n) is 3.83. The van der Waals surface area contributed by atoms with Crippen LogP contribution in [0, 0.1) is 6.92 Å². The van der Waals surface area contributed by atoms with Gasteiger partial charge in [0.2, 0.25) is 0 Å². The van der Waals surface area contributed by atoms with Crippen LogP contribution in [0.3, 0.4) is 0 Å². The Bertz CT molecular complexity index is 360. The van der Waals surface area contributed by atoms with Gasteiger partial charge in [0.05, 0.1) is 18.3 Å². The predicted molar refractivity (Wildman–Crippen MR) is 60.3 cm³/mol. The summed E-state index contributed by atoms with van der Waals surface area (Å²) in [5.41, 5.74) is 1.10. The van der Waals surface area contributed by atoms with Gasteiger partial charge in [-0.15, -0.1) is 5.10 Å². The zero-order chi connectivity index (χ0) is 12.1. The number of aromatic nitrogens is 3. The second kappa shape index (κ2) is 5.63. The van der Waals surface area contributed by atoms with Crippen molar-refractivity contribution in [2.24, 2.45) is 0 Å². The van der Waals surface area contributed by atoms with Crippen molar-refractivity contribution >= 4 is 5.97 Å². The fraction of sp³-hybridized carbons (Fsp3) is 0.727. The van der Waals surface area contributed by atoms with E-state index in [1.54, 1.807) is 11.6 Å². The van der Waals surface area contributed by atoms with Gasteiger partial charge < -0.3 is 4.74 Å². The molecule has 1 unspecified atom stereocenters. The summed E-state index contributed by atoms with van der Waals surface area (Å²) in [5.74, 6) is -0.394. The SMILES string of the molecule is CCCC(C)n1nnc(C(=O)OCC)c1C. The van der Waals surface area contributed by atoms with Crippen LogP contribution < -0.4 is 0 Å². The molecule has 0 amide bonds. The first-order chi connectivity index (χ1) is 7.61. The molecule has 0 aromatic carbocycles. The Balaban J connectivity index is 2.87. The number of esters is 1. The minimum atomic E-state index is -0.394. The van der Waals surface area contributed by atoms with E-state index in [0.717, 1.165) is 18.5 Å². The first kappa shape index (κ1) is 12.7. The highest BCUT2D eigenvalue weighted by Crippen LogP contribution is 2.16. The second-order valence-corrected chi connectivity index (χ2v) is 3.83. The average molecular weight is 225 g/mol. The Kier molecular flexibility index (Phi) is 4.46. The summed E-state index contributed by atoms with van der Waals surface area (Å²) in [6.07, 6.45) is 2.10. The Morgan fingerprint density at radius 2 is 2.19 bits per heavy atom. The van der Waals surface area contributed by atoms with Crippen molar-refractivity contribution in [1.82, 2.24) is 15.0 Å². The molecule has 0 spiro atoms. The van der Waals surface area contributed by atoms with E-state index in [2.05, 4.69) is 24.2 Å². The van der Waals surface area contributed by atoms with Gasteiger partial charge in [-0.3, -0.25) is 0 Å². The van der Waals surface area contributed by atoms with Gasteiger partial charge in [-0.1, -0.05) is 18.6 Å². The molecule has 0 saturated heterocycles. The summed E-state index contributed by atoms with van der Waals surface area (Å²) >= 11 is 0. The van der Waals surface area contributed by atoms with Crippen LogP contribution in [-0.2, 0) is 4.74 Å². The maximum atomic E-state index is 11.5. The Morgan fingerprint density at radius 3 is 2.75 bits per heavy atom. The van der Waals surface area contributed by atoms with E-state index < -0.39 is 5.97 Å². The summed E-state index contributed by atoms with van der Waals surface area (Å²) in [7, 11) is 0. The van der Waals surface area contributed by atoms with E-state index in [4.69, 9.17) is 4.74 Å². The van der Waals surface area contributed by atoms with Crippen LogP contribution in [0.4, 0.5) is 0 Å². The molecule has 16 heavy (non-hydrogen) atoms. The summed E-state index contributed by atoms with van der Waals surface area (Å²) in [6, 6.07) is 0.265. The smallest absolute Gasteiger partial charge is 0.360 e. The van der Waals surface area contributed by atoms with Gasteiger partial charge in [0.25, 0.3) is 0 Å². The minimum absolute atomic E-state index is 0.265. The number of hydrogen-bond acceptors (Lipinski definition) is 4. The molecule has 5 nitrogen and oxygen atoms in total. The van der Waals surface area contributed by atoms with E-state index in [9.17, 15) is 4.79 Å². The molecule has 0 bridgehead atoms. The quantitative estimate of drug-likeness (QED) is 0.720. The molecule has 1 aromatic heterocycles. The van der Waals surface area contributed by atoms with Crippen molar-refractivity contribution in [3.63, 3.8) is 0 Å². The molecule has 1 atom stereocenters. The van der Waals surface area contributed by atoms with Gasteiger partial charge >= 0.3 is 5.97 Å². The molecular formula is C11H19N3O2. The molecule has 0 fully saturated rings. The molecule has 0 aliphatic heterocycles. The maximum absolute atomic E-state index is 11.5. The molecule has 0 saturated carbocycles. The molecule has 1 heterocycles. The number of rotatable bonds is 5. The number of carbonyl (C=O) groups excluding carboxylic acids is 1. The molecule has 0 radical (unpaired) electrons. The van der Waals surface area contributed by atoms with Gasteiger partial charge in [-0.25, -0.2) is 9.48 Å². The number of carbonyl (C=O) groups is 1. The van der Waals surface area contributed by atoms with Crippen LogP contribution >= 0.6 is 0 Å². The monoisotopic (exact) mass is 225 g/mol. The standard InChI is InChI=1S/C11H19N3O2/c1-5-7-8(3)14-9(4)10(12-13-14)11(15)16-6-2/h8H,5-7H2,1-4H3. The lowest BCUT2D eigenvalue weighted by Crippen LogP contribution is -2.11. The summed E-state index contributed by atoms with van der Waals surface area (Å²) in [6.45, 7) is 8.17. The predicted octanol–water partition coefficient (Wildman–Crippen LogP) is 2.12. The fourth-order valence-electron chi connectivity index (χ4n) is 1.69.